The summed E-state index contributed by atoms with van der Waals surface area (Å²) in [6, 6.07) is 1.59. The first-order chi connectivity index (χ1) is 7.33. The SMILES string of the molecule is NCCOCC1CCC(N)C2CCCN12. The molecule has 2 rings (SSSR count). The van der Waals surface area contributed by atoms with Gasteiger partial charge in [0, 0.05) is 24.7 Å². The number of nitrogens with zero attached hydrogens (tertiary/aromatic N) is 1. The van der Waals surface area contributed by atoms with E-state index >= 15 is 0 Å². The normalized spacial score (nSPS) is 36.8. The van der Waals surface area contributed by atoms with Gasteiger partial charge in [-0.05, 0) is 32.2 Å². The Morgan fingerprint density at radius 1 is 1.27 bits per heavy atom. The fourth-order valence-electron chi connectivity index (χ4n) is 2.95. The fourth-order valence-corrected chi connectivity index (χ4v) is 2.95. The lowest BCUT2D eigenvalue weighted by Gasteiger charge is -2.41. The van der Waals surface area contributed by atoms with Gasteiger partial charge in [0.1, 0.15) is 0 Å². The zero-order valence-corrected chi connectivity index (χ0v) is 9.40. The first-order valence-electron chi connectivity index (χ1n) is 6.12. The molecule has 3 unspecified atom stereocenters. The van der Waals surface area contributed by atoms with Crippen LogP contribution in [0.25, 0.3) is 0 Å². The summed E-state index contributed by atoms with van der Waals surface area (Å²) in [5, 5.41) is 0. The van der Waals surface area contributed by atoms with Crippen LogP contribution in [-0.4, -0.2) is 49.3 Å². The zero-order valence-electron chi connectivity index (χ0n) is 9.40. The van der Waals surface area contributed by atoms with Crippen molar-refractivity contribution in [3.8, 4) is 0 Å². The lowest BCUT2D eigenvalue weighted by atomic mass is 9.92. The van der Waals surface area contributed by atoms with Gasteiger partial charge in [0.25, 0.3) is 0 Å². The Labute approximate surface area is 91.9 Å². The molecule has 0 bridgehead atoms. The molecule has 0 spiro atoms. The van der Waals surface area contributed by atoms with Crippen molar-refractivity contribution in [3.05, 3.63) is 0 Å². The second-order valence-corrected chi connectivity index (χ2v) is 4.71. The van der Waals surface area contributed by atoms with Crippen LogP contribution in [0.3, 0.4) is 0 Å². The van der Waals surface area contributed by atoms with Crippen LogP contribution >= 0.6 is 0 Å². The number of ether oxygens (including phenoxy) is 1. The molecule has 2 aliphatic heterocycles. The molecule has 15 heavy (non-hydrogen) atoms. The van der Waals surface area contributed by atoms with Gasteiger partial charge in [-0.2, -0.15) is 0 Å². The number of piperidine rings is 1. The molecule has 0 aromatic carbocycles. The molecule has 88 valence electrons. The van der Waals surface area contributed by atoms with Crippen molar-refractivity contribution in [2.24, 2.45) is 11.5 Å². The Balaban J connectivity index is 1.84. The predicted molar refractivity (Wildman–Crippen MR) is 60.6 cm³/mol. The van der Waals surface area contributed by atoms with E-state index < -0.39 is 0 Å². The Hall–Kier alpha value is -0.160. The molecule has 0 aliphatic carbocycles. The molecule has 2 aliphatic rings. The van der Waals surface area contributed by atoms with E-state index in [1.807, 2.05) is 0 Å². The molecule has 4 N–H and O–H groups in total. The van der Waals surface area contributed by atoms with Crippen LogP contribution < -0.4 is 11.5 Å². The third-order valence-corrected chi connectivity index (χ3v) is 3.71. The number of hydrogen-bond acceptors (Lipinski definition) is 4. The predicted octanol–water partition coefficient (Wildman–Crippen LogP) is -0.0842. The summed E-state index contributed by atoms with van der Waals surface area (Å²) in [4.78, 5) is 2.56. The molecule has 4 heteroatoms. The summed E-state index contributed by atoms with van der Waals surface area (Å²) in [7, 11) is 0. The van der Waals surface area contributed by atoms with Gasteiger partial charge in [0.2, 0.25) is 0 Å². The Morgan fingerprint density at radius 3 is 2.93 bits per heavy atom. The van der Waals surface area contributed by atoms with Crippen molar-refractivity contribution in [2.45, 2.75) is 43.8 Å². The monoisotopic (exact) mass is 213 g/mol. The molecule has 0 radical (unpaired) electrons. The minimum Gasteiger partial charge on any atom is -0.379 e. The van der Waals surface area contributed by atoms with Gasteiger partial charge in [0.15, 0.2) is 0 Å². The van der Waals surface area contributed by atoms with E-state index in [4.69, 9.17) is 16.2 Å². The number of hydrogen-bond donors (Lipinski definition) is 2. The van der Waals surface area contributed by atoms with Crippen LogP contribution in [-0.2, 0) is 4.74 Å². The zero-order chi connectivity index (χ0) is 10.7. The number of rotatable bonds is 4. The van der Waals surface area contributed by atoms with Crippen molar-refractivity contribution in [2.75, 3.05) is 26.3 Å². The van der Waals surface area contributed by atoms with E-state index in [1.54, 1.807) is 0 Å². The Morgan fingerprint density at radius 2 is 2.13 bits per heavy atom. The Bertz CT molecular complexity index is 200. The highest BCUT2D eigenvalue weighted by Crippen LogP contribution is 2.30. The van der Waals surface area contributed by atoms with Crippen LogP contribution in [0, 0.1) is 0 Å². The highest BCUT2D eigenvalue weighted by Gasteiger charge is 2.38. The van der Waals surface area contributed by atoms with Crippen molar-refractivity contribution in [1.82, 2.24) is 4.90 Å². The van der Waals surface area contributed by atoms with Crippen LogP contribution in [0.15, 0.2) is 0 Å². The number of nitrogens with two attached hydrogens (primary N) is 2. The lowest BCUT2D eigenvalue weighted by molar-refractivity contribution is 0.0259. The second-order valence-electron chi connectivity index (χ2n) is 4.71. The van der Waals surface area contributed by atoms with E-state index in [0.29, 0.717) is 31.3 Å². The smallest absolute Gasteiger partial charge is 0.0622 e. The molecule has 0 aromatic heterocycles. The van der Waals surface area contributed by atoms with E-state index in [2.05, 4.69) is 4.90 Å². The third kappa shape index (κ3) is 2.50. The summed E-state index contributed by atoms with van der Waals surface area (Å²) in [5.41, 5.74) is 11.5. The largest absolute Gasteiger partial charge is 0.379 e. The molecular weight excluding hydrogens is 190 g/mol. The summed E-state index contributed by atoms with van der Waals surface area (Å²) in [6.07, 6.45) is 4.90. The summed E-state index contributed by atoms with van der Waals surface area (Å²) >= 11 is 0. The molecule has 4 nitrogen and oxygen atoms in total. The summed E-state index contributed by atoms with van der Waals surface area (Å²) in [6.45, 7) is 3.34. The van der Waals surface area contributed by atoms with E-state index in [9.17, 15) is 0 Å². The first-order valence-corrected chi connectivity index (χ1v) is 6.12. The van der Waals surface area contributed by atoms with Gasteiger partial charge >= 0.3 is 0 Å². The topological polar surface area (TPSA) is 64.5 Å². The number of fused-ring (bicyclic) bond motifs is 1. The van der Waals surface area contributed by atoms with Gasteiger partial charge < -0.3 is 16.2 Å². The van der Waals surface area contributed by atoms with Gasteiger partial charge in [0.05, 0.1) is 13.2 Å². The molecule has 0 saturated carbocycles. The standard InChI is InChI=1S/C11H23N3O/c12-5-7-15-8-9-3-4-10(13)11-2-1-6-14(9)11/h9-11H,1-8,12-13H2. The third-order valence-electron chi connectivity index (χ3n) is 3.71. The molecule has 2 heterocycles. The maximum atomic E-state index is 6.13. The van der Waals surface area contributed by atoms with Crippen LogP contribution in [0.4, 0.5) is 0 Å². The van der Waals surface area contributed by atoms with E-state index in [1.165, 1.54) is 25.8 Å². The summed E-state index contributed by atoms with van der Waals surface area (Å²) in [5.74, 6) is 0. The molecule has 2 saturated heterocycles. The van der Waals surface area contributed by atoms with Crippen LogP contribution in [0.2, 0.25) is 0 Å². The second kappa shape index (κ2) is 5.25. The van der Waals surface area contributed by atoms with Crippen LogP contribution in [0.1, 0.15) is 25.7 Å². The summed E-state index contributed by atoms with van der Waals surface area (Å²) < 4.78 is 5.56. The molecule has 0 amide bonds. The maximum absolute atomic E-state index is 6.13. The highest BCUT2D eigenvalue weighted by molar-refractivity contribution is 4.95. The van der Waals surface area contributed by atoms with E-state index in [-0.39, 0.29) is 0 Å². The molecular formula is C11H23N3O. The lowest BCUT2D eigenvalue weighted by Crippen LogP contribution is -2.54. The molecule has 3 atom stereocenters. The van der Waals surface area contributed by atoms with Gasteiger partial charge in [-0.25, -0.2) is 0 Å². The average Bonchev–Trinajstić information content (AvgIpc) is 2.71. The minimum atomic E-state index is 0.387. The first kappa shape index (κ1) is 11.3. The molecule has 0 aromatic rings. The van der Waals surface area contributed by atoms with Crippen molar-refractivity contribution in [3.63, 3.8) is 0 Å². The molecule has 2 fully saturated rings. The van der Waals surface area contributed by atoms with Crippen molar-refractivity contribution < 1.29 is 4.74 Å². The van der Waals surface area contributed by atoms with Gasteiger partial charge in [-0.15, -0.1) is 0 Å². The van der Waals surface area contributed by atoms with Crippen molar-refractivity contribution >= 4 is 0 Å². The fraction of sp³-hybridized carbons (Fsp3) is 1.00. The Kier molecular flexibility index (Phi) is 3.97. The maximum Gasteiger partial charge on any atom is 0.0622 e. The van der Waals surface area contributed by atoms with Gasteiger partial charge in [-0.1, -0.05) is 0 Å². The minimum absolute atomic E-state index is 0.387. The highest BCUT2D eigenvalue weighted by atomic mass is 16.5. The quantitative estimate of drug-likeness (QED) is 0.641. The van der Waals surface area contributed by atoms with Crippen LogP contribution in [0.5, 0.6) is 0 Å². The van der Waals surface area contributed by atoms with Crippen molar-refractivity contribution in [1.29, 1.82) is 0 Å². The average molecular weight is 213 g/mol. The van der Waals surface area contributed by atoms with Gasteiger partial charge in [-0.3, -0.25) is 4.90 Å². The van der Waals surface area contributed by atoms with E-state index in [0.717, 1.165) is 13.0 Å².